The molecule has 0 spiro atoms. The highest BCUT2D eigenvalue weighted by Crippen LogP contribution is 2.55. The lowest BCUT2D eigenvalue weighted by atomic mass is 10.2. The largest absolute Gasteiger partial charge is 0.329 e. The number of nitro benzene ring substituents is 6. The number of rotatable bonds is 8. The van der Waals surface area contributed by atoms with Gasteiger partial charge in [-0.1, -0.05) is 46.4 Å². The van der Waals surface area contributed by atoms with Gasteiger partial charge in [0.1, 0.15) is 0 Å². The first kappa shape index (κ1) is 27.8. The molecule has 0 N–H and O–H groups in total. The van der Waals surface area contributed by atoms with Crippen LogP contribution >= 0.6 is 46.4 Å². The van der Waals surface area contributed by atoms with Crippen molar-refractivity contribution >= 4 is 91.9 Å². The van der Waals surface area contributed by atoms with Crippen LogP contribution in [0.1, 0.15) is 0 Å². The van der Waals surface area contributed by atoms with Crippen LogP contribution in [0, 0.1) is 60.7 Å². The molecule has 0 aromatic heterocycles. The topological polar surface area (TPSA) is 284 Å². The molecule has 0 saturated carbocycles. The molecule has 2 aromatic rings. The summed E-state index contributed by atoms with van der Waals surface area (Å²) in [6, 6.07) is 0. The molecule has 0 unspecified atom stereocenters. The van der Waals surface area contributed by atoms with Crippen LogP contribution in [0.2, 0.25) is 20.1 Å². The molecule has 0 fully saturated rings. The molecule has 0 aliphatic heterocycles. The SMILES string of the molecule is O=[N+]([O-])c1c(Cl)c([N+](=O)[O-])c(/N=N/c2c([N+](=O)[O-])c(Cl)c([N+](=O)[O-])c(Cl)c2[N+](=O)[O-])c([N+](=O)[O-])c1Cl. The van der Waals surface area contributed by atoms with Crippen LogP contribution in [-0.2, 0) is 0 Å². The van der Waals surface area contributed by atoms with Crippen LogP contribution in [0.4, 0.5) is 45.5 Å². The smallest absolute Gasteiger partial charge is 0.258 e. The summed E-state index contributed by atoms with van der Waals surface area (Å²) in [6.07, 6.45) is 0. The van der Waals surface area contributed by atoms with Crippen molar-refractivity contribution in [3.05, 3.63) is 80.8 Å². The molecule has 20 nitrogen and oxygen atoms in total. The van der Waals surface area contributed by atoms with Crippen LogP contribution in [-0.4, -0.2) is 29.5 Å². The molecule has 0 aliphatic rings. The Hall–Kier alpha value is -4.40. The fourth-order valence-corrected chi connectivity index (χ4v) is 3.94. The minimum absolute atomic E-state index is 1.38. The van der Waals surface area contributed by atoms with E-state index in [-0.39, 0.29) is 0 Å². The Kier molecular flexibility index (Phi) is 7.79. The summed E-state index contributed by atoms with van der Waals surface area (Å²) in [5.41, 5.74) is -12.5. The fourth-order valence-electron chi connectivity index (χ4n) is 2.56. The first-order chi connectivity index (χ1) is 16.6. The Balaban J connectivity index is 3.15. The van der Waals surface area contributed by atoms with Crippen molar-refractivity contribution < 1.29 is 29.5 Å². The lowest BCUT2D eigenvalue weighted by Crippen LogP contribution is -2.02. The molecule has 188 valence electrons. The number of nitrogens with zero attached hydrogens (tertiary/aromatic N) is 8. The zero-order valence-corrected chi connectivity index (χ0v) is 19.0. The van der Waals surface area contributed by atoms with E-state index in [1.165, 1.54) is 0 Å². The van der Waals surface area contributed by atoms with E-state index in [0.29, 0.717) is 0 Å². The lowest BCUT2D eigenvalue weighted by molar-refractivity contribution is -0.402. The van der Waals surface area contributed by atoms with Gasteiger partial charge in [0.05, 0.1) is 29.5 Å². The summed E-state index contributed by atoms with van der Waals surface area (Å²) in [7, 11) is 0. The quantitative estimate of drug-likeness (QED) is 0.190. The van der Waals surface area contributed by atoms with Gasteiger partial charge in [-0.2, -0.15) is 0 Å². The molecule has 0 heterocycles. The van der Waals surface area contributed by atoms with E-state index < -0.39 is 95.1 Å². The van der Waals surface area contributed by atoms with E-state index in [1.807, 2.05) is 0 Å². The van der Waals surface area contributed by atoms with E-state index in [1.54, 1.807) is 0 Å². The molecule has 0 bridgehead atoms. The minimum Gasteiger partial charge on any atom is -0.258 e. The second-order valence-electron chi connectivity index (χ2n) is 5.79. The van der Waals surface area contributed by atoms with Crippen molar-refractivity contribution in [2.24, 2.45) is 10.2 Å². The van der Waals surface area contributed by atoms with Gasteiger partial charge < -0.3 is 0 Å². The second kappa shape index (κ2) is 10.1. The summed E-state index contributed by atoms with van der Waals surface area (Å²) in [5, 5.41) is 68.9. The molecule has 0 aliphatic carbocycles. The van der Waals surface area contributed by atoms with Crippen LogP contribution in [0.25, 0.3) is 0 Å². The van der Waals surface area contributed by atoms with Crippen molar-refractivity contribution in [1.29, 1.82) is 0 Å². The van der Waals surface area contributed by atoms with Crippen molar-refractivity contribution in [3.8, 4) is 0 Å². The first-order valence-electron chi connectivity index (χ1n) is 7.94. The molecular formula is C12Cl4N8O12. The van der Waals surface area contributed by atoms with Crippen LogP contribution in [0.5, 0.6) is 0 Å². The van der Waals surface area contributed by atoms with E-state index in [9.17, 15) is 60.7 Å². The van der Waals surface area contributed by atoms with Gasteiger partial charge in [0.25, 0.3) is 0 Å². The molecule has 36 heavy (non-hydrogen) atoms. The molecule has 2 rings (SSSR count). The molecule has 0 atom stereocenters. The molecule has 0 amide bonds. The highest BCUT2D eigenvalue weighted by atomic mass is 35.5. The monoisotopic (exact) mass is 588 g/mol. The number of nitro groups is 6. The highest BCUT2D eigenvalue weighted by molar-refractivity contribution is 6.42. The van der Waals surface area contributed by atoms with Gasteiger partial charge in [-0.15, -0.1) is 10.2 Å². The van der Waals surface area contributed by atoms with Crippen LogP contribution in [0.3, 0.4) is 0 Å². The number of hydrogen-bond donors (Lipinski definition) is 0. The Labute approximate surface area is 212 Å². The van der Waals surface area contributed by atoms with Crippen molar-refractivity contribution in [3.63, 3.8) is 0 Å². The molecule has 0 saturated heterocycles. The van der Waals surface area contributed by atoms with Gasteiger partial charge >= 0.3 is 34.1 Å². The molecule has 0 radical (unpaired) electrons. The maximum absolute atomic E-state index is 11.5. The molecule has 2 aromatic carbocycles. The average Bonchev–Trinajstić information content (AvgIpc) is 2.69. The highest BCUT2D eigenvalue weighted by Gasteiger charge is 2.44. The first-order valence-corrected chi connectivity index (χ1v) is 9.45. The van der Waals surface area contributed by atoms with Crippen LogP contribution < -0.4 is 0 Å². The Bertz CT molecular complexity index is 1270. The third-order valence-electron chi connectivity index (χ3n) is 3.91. The summed E-state index contributed by atoms with van der Waals surface area (Å²) < 4.78 is 0. The second-order valence-corrected chi connectivity index (χ2v) is 7.30. The van der Waals surface area contributed by atoms with Crippen molar-refractivity contribution in [2.75, 3.05) is 0 Å². The van der Waals surface area contributed by atoms with E-state index >= 15 is 0 Å². The van der Waals surface area contributed by atoms with Crippen LogP contribution in [0.15, 0.2) is 10.2 Å². The Morgan fingerprint density at radius 3 is 0.694 bits per heavy atom. The normalized spacial score (nSPS) is 10.9. The lowest BCUT2D eigenvalue weighted by Gasteiger charge is -2.06. The number of azo groups is 1. The maximum Gasteiger partial charge on any atom is 0.329 e. The summed E-state index contributed by atoms with van der Waals surface area (Å²) >= 11 is 22.4. The average molecular weight is 590 g/mol. The number of halogens is 4. The standard InChI is InChI=1S/C12Cl4N8O12/c13-1-7(19(25)26)2(14)10(22(31)32)5(9(1)21(29)30)17-18-6-11(23(33)34)3(15)8(20(27)28)4(16)12(6)24(35)36/b18-17+. The van der Waals surface area contributed by atoms with Gasteiger partial charge in [0.2, 0.25) is 31.5 Å². The third kappa shape index (κ3) is 4.59. The van der Waals surface area contributed by atoms with Gasteiger partial charge in [-0.05, 0) is 0 Å². The van der Waals surface area contributed by atoms with E-state index in [0.717, 1.165) is 0 Å². The number of hydrogen-bond acceptors (Lipinski definition) is 14. The molecular weight excluding hydrogens is 590 g/mol. The van der Waals surface area contributed by atoms with Crippen molar-refractivity contribution in [2.45, 2.75) is 0 Å². The predicted molar refractivity (Wildman–Crippen MR) is 117 cm³/mol. The van der Waals surface area contributed by atoms with Gasteiger partial charge in [0.15, 0.2) is 0 Å². The van der Waals surface area contributed by atoms with Gasteiger partial charge in [-0.25, -0.2) is 0 Å². The molecule has 24 heteroatoms. The Morgan fingerprint density at radius 2 is 0.556 bits per heavy atom. The maximum atomic E-state index is 11.5. The minimum atomic E-state index is -1.63. The van der Waals surface area contributed by atoms with Gasteiger partial charge in [-0.3, -0.25) is 60.7 Å². The van der Waals surface area contributed by atoms with E-state index in [4.69, 9.17) is 46.4 Å². The fraction of sp³-hybridized carbons (Fsp3) is 0. The zero-order valence-electron chi connectivity index (χ0n) is 16.0. The summed E-state index contributed by atoms with van der Waals surface area (Å²) in [6.45, 7) is 0. The van der Waals surface area contributed by atoms with E-state index in [2.05, 4.69) is 10.2 Å². The van der Waals surface area contributed by atoms with Gasteiger partial charge in [0, 0.05) is 0 Å². The Morgan fingerprint density at radius 1 is 0.389 bits per heavy atom. The number of benzene rings is 2. The third-order valence-corrected chi connectivity index (χ3v) is 5.34. The summed E-state index contributed by atoms with van der Waals surface area (Å²) in [5.74, 6) is 0. The predicted octanol–water partition coefficient (Wildman–Crippen LogP) is 6.16. The zero-order chi connectivity index (χ0) is 27.8. The summed E-state index contributed by atoms with van der Waals surface area (Å²) in [4.78, 5) is 59.6. The van der Waals surface area contributed by atoms with Crippen molar-refractivity contribution in [1.82, 2.24) is 0 Å².